The molecule has 0 unspecified atom stereocenters. The predicted molar refractivity (Wildman–Crippen MR) is 90.2 cm³/mol. The topological polar surface area (TPSA) is 72.2 Å². The van der Waals surface area contributed by atoms with E-state index in [0.29, 0.717) is 11.1 Å². The summed E-state index contributed by atoms with van der Waals surface area (Å²) in [6.45, 7) is 0.181. The van der Waals surface area contributed by atoms with Gasteiger partial charge in [-0.05, 0) is 18.2 Å². The van der Waals surface area contributed by atoms with Crippen LogP contribution in [-0.2, 0) is 27.5 Å². The molecule has 5 nitrogen and oxygen atoms in total. The summed E-state index contributed by atoms with van der Waals surface area (Å²) in [5.74, 6) is -0.469. The number of nitriles is 1. The van der Waals surface area contributed by atoms with Crippen LogP contribution >= 0.6 is 11.3 Å². The number of rotatable bonds is 6. The average Bonchev–Trinajstić information content (AvgIpc) is 3.03. The number of aromatic nitrogens is 1. The summed E-state index contributed by atoms with van der Waals surface area (Å²) >= 11 is 1.54. The smallest absolute Gasteiger partial charge is 0.332 e. The maximum atomic E-state index is 11.7. The lowest BCUT2D eigenvalue weighted by molar-refractivity contribution is -0.150. The van der Waals surface area contributed by atoms with Crippen molar-refractivity contribution in [2.75, 3.05) is 6.61 Å². The Hall–Kier alpha value is -2.75. The minimum atomic E-state index is -0.469. The molecule has 0 aliphatic carbocycles. The molecule has 0 aliphatic heterocycles. The molecular weight excluding hydrogens is 324 g/mol. The molecule has 0 saturated heterocycles. The number of fused-ring (bicyclic) bond motifs is 1. The number of thiazole rings is 1. The van der Waals surface area contributed by atoms with Gasteiger partial charge in [-0.3, -0.25) is 0 Å². The first-order valence-corrected chi connectivity index (χ1v) is 8.14. The van der Waals surface area contributed by atoms with E-state index in [-0.39, 0.29) is 19.8 Å². The normalized spacial score (nSPS) is 10.5. The molecule has 0 N–H and O–H groups in total. The van der Waals surface area contributed by atoms with E-state index in [4.69, 9.17) is 14.7 Å². The fraction of sp³-hybridized carbons (Fsp3) is 0.167. The number of carbonyl (C=O) groups is 1. The van der Waals surface area contributed by atoms with E-state index < -0.39 is 5.97 Å². The number of esters is 1. The number of para-hydroxylation sites is 1. The van der Waals surface area contributed by atoms with E-state index in [1.54, 1.807) is 24.3 Å². The Bertz CT molecular complexity index is 865. The maximum absolute atomic E-state index is 11.7. The average molecular weight is 338 g/mol. The maximum Gasteiger partial charge on any atom is 0.332 e. The number of nitrogens with zero attached hydrogens (tertiary/aromatic N) is 2. The Morgan fingerprint density at radius 2 is 1.92 bits per heavy atom. The molecule has 0 fully saturated rings. The molecule has 24 heavy (non-hydrogen) atoms. The third-order valence-corrected chi connectivity index (χ3v) is 4.32. The summed E-state index contributed by atoms with van der Waals surface area (Å²) in [5, 5.41) is 9.81. The highest BCUT2D eigenvalue weighted by Gasteiger charge is 2.08. The zero-order valence-electron chi connectivity index (χ0n) is 12.8. The second kappa shape index (κ2) is 7.68. The van der Waals surface area contributed by atoms with Crippen molar-refractivity contribution in [2.24, 2.45) is 0 Å². The standard InChI is InChI=1S/C18H14N2O3S/c19-9-13-5-1-2-6-14(13)10-23-18(21)12-22-11-17-20-15-7-3-4-8-16(15)24-17/h1-8H,10-12H2. The molecule has 120 valence electrons. The van der Waals surface area contributed by atoms with Gasteiger partial charge in [0.2, 0.25) is 0 Å². The van der Waals surface area contributed by atoms with Crippen molar-refractivity contribution in [2.45, 2.75) is 13.2 Å². The lowest BCUT2D eigenvalue weighted by Gasteiger charge is -2.06. The lowest BCUT2D eigenvalue weighted by Crippen LogP contribution is -2.12. The third-order valence-electron chi connectivity index (χ3n) is 3.31. The SMILES string of the molecule is N#Cc1ccccc1COC(=O)COCc1nc2ccccc2s1. The highest BCUT2D eigenvalue weighted by molar-refractivity contribution is 7.18. The molecule has 0 saturated carbocycles. The summed E-state index contributed by atoms with van der Waals surface area (Å²) in [6, 6.07) is 16.9. The molecule has 0 aliphatic rings. The van der Waals surface area contributed by atoms with Crippen LogP contribution in [0.3, 0.4) is 0 Å². The first kappa shape index (κ1) is 16.1. The fourth-order valence-corrected chi connectivity index (χ4v) is 3.06. The van der Waals surface area contributed by atoms with E-state index in [9.17, 15) is 4.79 Å². The first-order valence-electron chi connectivity index (χ1n) is 7.32. The van der Waals surface area contributed by atoms with Gasteiger partial charge in [-0.15, -0.1) is 11.3 Å². The Balaban J connectivity index is 1.46. The second-order valence-electron chi connectivity index (χ2n) is 5.00. The molecule has 3 rings (SSSR count). The highest BCUT2D eigenvalue weighted by atomic mass is 32.1. The van der Waals surface area contributed by atoms with Gasteiger partial charge in [0.15, 0.2) is 0 Å². The van der Waals surface area contributed by atoms with Crippen LogP contribution in [0.4, 0.5) is 0 Å². The van der Waals surface area contributed by atoms with Crippen molar-refractivity contribution in [3.63, 3.8) is 0 Å². The molecule has 0 bridgehead atoms. The first-order chi connectivity index (χ1) is 11.8. The summed E-state index contributed by atoms with van der Waals surface area (Å²) in [6.07, 6.45) is 0. The van der Waals surface area contributed by atoms with Crippen molar-refractivity contribution in [1.82, 2.24) is 4.98 Å². The van der Waals surface area contributed by atoms with Gasteiger partial charge in [0.1, 0.15) is 18.2 Å². The van der Waals surface area contributed by atoms with Crippen LogP contribution in [0.5, 0.6) is 0 Å². The van der Waals surface area contributed by atoms with Gasteiger partial charge in [-0.1, -0.05) is 30.3 Å². The molecule has 0 atom stereocenters. The van der Waals surface area contributed by atoms with E-state index in [1.165, 1.54) is 11.3 Å². The summed E-state index contributed by atoms with van der Waals surface area (Å²) in [7, 11) is 0. The van der Waals surface area contributed by atoms with Crippen LogP contribution in [0.2, 0.25) is 0 Å². The Morgan fingerprint density at radius 3 is 2.75 bits per heavy atom. The van der Waals surface area contributed by atoms with E-state index in [0.717, 1.165) is 15.2 Å². The zero-order chi connectivity index (χ0) is 16.8. The van der Waals surface area contributed by atoms with Gasteiger partial charge in [0.25, 0.3) is 0 Å². The fourth-order valence-electron chi connectivity index (χ4n) is 2.16. The number of carbonyl (C=O) groups excluding carboxylic acids is 1. The quantitative estimate of drug-likeness (QED) is 0.644. The molecule has 3 aromatic rings. The van der Waals surface area contributed by atoms with Crippen molar-refractivity contribution >= 4 is 27.5 Å². The van der Waals surface area contributed by atoms with Gasteiger partial charge >= 0.3 is 5.97 Å². The number of ether oxygens (including phenoxy) is 2. The van der Waals surface area contributed by atoms with Crippen LogP contribution in [0.25, 0.3) is 10.2 Å². The minimum Gasteiger partial charge on any atom is -0.459 e. The summed E-state index contributed by atoms with van der Waals surface area (Å²) in [4.78, 5) is 16.2. The lowest BCUT2D eigenvalue weighted by atomic mass is 10.1. The minimum absolute atomic E-state index is 0.0626. The predicted octanol–water partition coefficient (Wildman–Crippen LogP) is 3.43. The van der Waals surface area contributed by atoms with Gasteiger partial charge in [-0.2, -0.15) is 5.26 Å². The van der Waals surface area contributed by atoms with Crippen molar-refractivity contribution in [3.8, 4) is 6.07 Å². The van der Waals surface area contributed by atoms with Crippen LogP contribution in [0.1, 0.15) is 16.1 Å². The third kappa shape index (κ3) is 3.96. The molecule has 1 aromatic heterocycles. The second-order valence-corrected chi connectivity index (χ2v) is 6.11. The molecule has 0 radical (unpaired) electrons. The van der Waals surface area contributed by atoms with Crippen LogP contribution in [0, 0.1) is 11.3 Å². The molecule has 1 heterocycles. The van der Waals surface area contributed by atoms with E-state index in [2.05, 4.69) is 11.1 Å². The molecule has 6 heteroatoms. The summed E-state index contributed by atoms with van der Waals surface area (Å²) < 4.78 is 11.6. The van der Waals surface area contributed by atoms with Crippen LogP contribution < -0.4 is 0 Å². The zero-order valence-corrected chi connectivity index (χ0v) is 13.6. The van der Waals surface area contributed by atoms with Crippen LogP contribution in [0.15, 0.2) is 48.5 Å². The monoisotopic (exact) mass is 338 g/mol. The van der Waals surface area contributed by atoms with Gasteiger partial charge < -0.3 is 9.47 Å². The number of hydrogen-bond donors (Lipinski definition) is 0. The number of benzene rings is 2. The van der Waals surface area contributed by atoms with Crippen molar-refractivity contribution < 1.29 is 14.3 Å². The van der Waals surface area contributed by atoms with Gasteiger partial charge in [-0.25, -0.2) is 9.78 Å². The van der Waals surface area contributed by atoms with Crippen molar-refractivity contribution in [3.05, 3.63) is 64.7 Å². The largest absolute Gasteiger partial charge is 0.459 e. The Labute approximate surface area is 143 Å². The van der Waals surface area contributed by atoms with Crippen LogP contribution in [-0.4, -0.2) is 17.6 Å². The Morgan fingerprint density at radius 1 is 1.12 bits per heavy atom. The molecule has 2 aromatic carbocycles. The van der Waals surface area contributed by atoms with Gasteiger partial charge in [0.05, 0.1) is 28.5 Å². The van der Waals surface area contributed by atoms with Gasteiger partial charge in [0, 0.05) is 5.56 Å². The molecule has 0 spiro atoms. The molecule has 0 amide bonds. The number of hydrogen-bond acceptors (Lipinski definition) is 6. The van der Waals surface area contributed by atoms with E-state index >= 15 is 0 Å². The Kier molecular flexibility index (Phi) is 5.16. The summed E-state index contributed by atoms with van der Waals surface area (Å²) in [5.41, 5.74) is 2.11. The van der Waals surface area contributed by atoms with Crippen molar-refractivity contribution in [1.29, 1.82) is 5.26 Å². The highest BCUT2D eigenvalue weighted by Crippen LogP contribution is 2.21. The van der Waals surface area contributed by atoms with E-state index in [1.807, 2.05) is 24.3 Å². The molecular formula is C18H14N2O3S.